The first-order valence-electron chi connectivity index (χ1n) is 6.99. The summed E-state index contributed by atoms with van der Waals surface area (Å²) in [5.41, 5.74) is -0.315. The van der Waals surface area contributed by atoms with Crippen molar-refractivity contribution in [2.45, 2.75) is 26.3 Å². The number of nitrogens with zero attached hydrogens (tertiary/aromatic N) is 3. The number of hydrogen-bond donors (Lipinski definition) is 2. The molecule has 0 bridgehead atoms. The molecule has 1 saturated heterocycles. The summed E-state index contributed by atoms with van der Waals surface area (Å²) >= 11 is 5.11. The Hall–Kier alpha value is -1.67. The van der Waals surface area contributed by atoms with Gasteiger partial charge in [0.1, 0.15) is 5.56 Å². The van der Waals surface area contributed by atoms with Crippen molar-refractivity contribution in [3.8, 4) is 5.88 Å². The lowest BCUT2D eigenvalue weighted by atomic mass is 10.2. The lowest BCUT2D eigenvalue weighted by Gasteiger charge is -2.23. The number of nitrogens with one attached hydrogen (secondary N) is 1. The molecule has 0 aromatic carbocycles. The molecule has 8 heteroatoms. The Balaban J connectivity index is 2.36. The normalized spacial score (nSPS) is 17.3. The molecule has 1 aliphatic heterocycles. The van der Waals surface area contributed by atoms with Gasteiger partial charge in [0.05, 0.1) is 32.5 Å². The Morgan fingerprint density at radius 3 is 2.81 bits per heavy atom. The number of aromatic amines is 1. The van der Waals surface area contributed by atoms with Crippen LogP contribution in [0.3, 0.4) is 0 Å². The van der Waals surface area contributed by atoms with Crippen LogP contribution in [-0.2, 0) is 4.74 Å². The van der Waals surface area contributed by atoms with Gasteiger partial charge in [0, 0.05) is 6.04 Å². The van der Waals surface area contributed by atoms with Crippen molar-refractivity contribution in [2.75, 3.05) is 26.3 Å². The van der Waals surface area contributed by atoms with Crippen LogP contribution in [0.5, 0.6) is 5.88 Å². The largest absolute Gasteiger partial charge is 0.494 e. The van der Waals surface area contributed by atoms with Crippen molar-refractivity contribution in [3.05, 3.63) is 20.7 Å². The third-order valence-corrected chi connectivity index (χ3v) is 3.82. The zero-order valence-electron chi connectivity index (χ0n) is 12.2. The Kier molecular flexibility index (Phi) is 5.13. The number of aromatic nitrogens is 2. The molecule has 21 heavy (non-hydrogen) atoms. The van der Waals surface area contributed by atoms with Gasteiger partial charge in [-0.25, -0.2) is 0 Å². The van der Waals surface area contributed by atoms with Crippen LogP contribution in [0.25, 0.3) is 0 Å². The van der Waals surface area contributed by atoms with Crippen LogP contribution >= 0.6 is 12.2 Å². The van der Waals surface area contributed by atoms with Gasteiger partial charge in [-0.05, 0) is 25.6 Å². The van der Waals surface area contributed by atoms with E-state index in [4.69, 9.17) is 17.0 Å². The van der Waals surface area contributed by atoms with E-state index in [9.17, 15) is 9.90 Å². The maximum absolute atomic E-state index is 12.0. The lowest BCUT2D eigenvalue weighted by molar-refractivity contribution is 0.0396. The minimum atomic E-state index is -0.436. The molecule has 0 spiro atoms. The number of aromatic hydroxyl groups is 1. The summed E-state index contributed by atoms with van der Waals surface area (Å²) in [5.74, 6) is -0.143. The van der Waals surface area contributed by atoms with E-state index in [0.717, 1.165) is 6.42 Å². The lowest BCUT2D eigenvalue weighted by Crippen LogP contribution is -2.32. The summed E-state index contributed by atoms with van der Waals surface area (Å²) in [6, 6.07) is -0.00936. The first kappa shape index (κ1) is 15.7. The SMILES string of the molecule is CCC(C)n1c(O)c(C=NN2CCOCC2)c(=O)[nH]c1=S. The predicted molar refractivity (Wildman–Crippen MR) is 82.5 cm³/mol. The molecular weight excluding hydrogens is 292 g/mol. The number of morpholine rings is 1. The van der Waals surface area contributed by atoms with Gasteiger partial charge in [-0.3, -0.25) is 19.4 Å². The van der Waals surface area contributed by atoms with Crippen LogP contribution in [0.4, 0.5) is 0 Å². The Bertz CT molecular complexity index is 631. The fourth-order valence-corrected chi connectivity index (χ4v) is 2.43. The molecule has 1 aromatic heterocycles. The molecule has 7 nitrogen and oxygen atoms in total. The third-order valence-electron chi connectivity index (χ3n) is 3.52. The molecule has 0 saturated carbocycles. The van der Waals surface area contributed by atoms with E-state index in [1.807, 2.05) is 13.8 Å². The fraction of sp³-hybridized carbons (Fsp3) is 0.615. The molecule has 2 rings (SSSR count). The van der Waals surface area contributed by atoms with E-state index >= 15 is 0 Å². The van der Waals surface area contributed by atoms with Crippen LogP contribution in [-0.4, -0.2) is 52.2 Å². The van der Waals surface area contributed by atoms with E-state index in [0.29, 0.717) is 26.3 Å². The molecule has 0 aliphatic carbocycles. The van der Waals surface area contributed by atoms with Crippen molar-refractivity contribution in [1.82, 2.24) is 14.6 Å². The number of H-pyrrole nitrogens is 1. The zero-order valence-corrected chi connectivity index (χ0v) is 13.0. The van der Waals surface area contributed by atoms with Gasteiger partial charge in [-0.2, -0.15) is 5.10 Å². The molecule has 1 aromatic rings. The van der Waals surface area contributed by atoms with Gasteiger partial charge in [-0.1, -0.05) is 6.92 Å². The second-order valence-electron chi connectivity index (χ2n) is 4.93. The van der Waals surface area contributed by atoms with Crippen molar-refractivity contribution < 1.29 is 9.84 Å². The van der Waals surface area contributed by atoms with Gasteiger partial charge < -0.3 is 9.84 Å². The fourth-order valence-electron chi connectivity index (χ4n) is 2.07. The highest BCUT2D eigenvalue weighted by Gasteiger charge is 2.15. The van der Waals surface area contributed by atoms with Gasteiger partial charge >= 0.3 is 0 Å². The Morgan fingerprint density at radius 2 is 2.19 bits per heavy atom. The maximum Gasteiger partial charge on any atom is 0.264 e. The second-order valence-corrected chi connectivity index (χ2v) is 5.32. The topological polar surface area (TPSA) is 82.8 Å². The first-order chi connectivity index (χ1) is 10.0. The van der Waals surface area contributed by atoms with Crippen LogP contribution in [0.15, 0.2) is 9.90 Å². The molecular formula is C13H20N4O3S. The van der Waals surface area contributed by atoms with E-state index in [1.165, 1.54) is 10.8 Å². The first-order valence-corrected chi connectivity index (χ1v) is 7.39. The standard InChI is InChI=1S/C13H20N4O3S/c1-3-9(2)17-12(19)10(11(18)15-13(17)21)8-14-16-4-6-20-7-5-16/h8-9,19H,3-7H2,1-2H3,(H,15,18,21). The highest BCUT2D eigenvalue weighted by atomic mass is 32.1. The van der Waals surface area contributed by atoms with Gasteiger partial charge in [0.15, 0.2) is 4.77 Å². The molecule has 1 aliphatic rings. The molecule has 2 heterocycles. The number of hydrogen-bond acceptors (Lipinski definition) is 6. The monoisotopic (exact) mass is 312 g/mol. The summed E-state index contributed by atoms with van der Waals surface area (Å²) in [6.07, 6.45) is 2.17. The summed E-state index contributed by atoms with van der Waals surface area (Å²) in [7, 11) is 0. The van der Waals surface area contributed by atoms with Crippen LogP contribution in [0.1, 0.15) is 31.9 Å². The maximum atomic E-state index is 12.0. The quantitative estimate of drug-likeness (QED) is 0.646. The van der Waals surface area contributed by atoms with Crippen LogP contribution in [0.2, 0.25) is 0 Å². The van der Waals surface area contributed by atoms with Gasteiger partial charge in [0.2, 0.25) is 5.88 Å². The predicted octanol–water partition coefficient (Wildman–Crippen LogP) is 1.25. The Labute approximate surface area is 127 Å². The number of rotatable bonds is 4. The third kappa shape index (κ3) is 3.51. The van der Waals surface area contributed by atoms with Crippen LogP contribution < -0.4 is 5.56 Å². The summed E-state index contributed by atoms with van der Waals surface area (Å²) < 4.78 is 6.99. The van der Waals surface area contributed by atoms with E-state index in [1.54, 1.807) is 5.01 Å². The van der Waals surface area contributed by atoms with Crippen molar-refractivity contribution in [3.63, 3.8) is 0 Å². The molecule has 1 atom stereocenters. The summed E-state index contributed by atoms with van der Waals surface area (Å²) in [6.45, 7) is 6.46. The number of hydrazone groups is 1. The molecule has 1 unspecified atom stereocenters. The molecule has 1 fully saturated rings. The van der Waals surface area contributed by atoms with Crippen molar-refractivity contribution in [2.24, 2.45) is 5.10 Å². The molecule has 2 N–H and O–H groups in total. The summed E-state index contributed by atoms with van der Waals surface area (Å²) in [4.78, 5) is 14.5. The minimum Gasteiger partial charge on any atom is -0.494 e. The zero-order chi connectivity index (χ0) is 15.4. The van der Waals surface area contributed by atoms with Crippen molar-refractivity contribution >= 4 is 18.4 Å². The smallest absolute Gasteiger partial charge is 0.264 e. The molecule has 116 valence electrons. The van der Waals surface area contributed by atoms with E-state index < -0.39 is 5.56 Å². The van der Waals surface area contributed by atoms with Crippen LogP contribution in [0, 0.1) is 4.77 Å². The van der Waals surface area contributed by atoms with E-state index in [-0.39, 0.29) is 22.3 Å². The van der Waals surface area contributed by atoms with Crippen molar-refractivity contribution in [1.29, 1.82) is 0 Å². The molecule has 0 radical (unpaired) electrons. The second kappa shape index (κ2) is 6.86. The van der Waals surface area contributed by atoms with E-state index in [2.05, 4.69) is 10.1 Å². The van der Waals surface area contributed by atoms with Gasteiger partial charge in [-0.15, -0.1) is 0 Å². The van der Waals surface area contributed by atoms with Gasteiger partial charge in [0.25, 0.3) is 5.56 Å². The highest BCUT2D eigenvalue weighted by Crippen LogP contribution is 2.20. The number of ether oxygens (including phenoxy) is 1. The Morgan fingerprint density at radius 1 is 1.52 bits per heavy atom. The minimum absolute atomic E-state index is 0.00936. The highest BCUT2D eigenvalue weighted by molar-refractivity contribution is 7.71. The summed E-state index contributed by atoms with van der Waals surface area (Å²) in [5, 5.41) is 16.4. The molecule has 0 amide bonds. The average Bonchev–Trinajstić information content (AvgIpc) is 2.47. The average molecular weight is 312 g/mol.